The fourth-order valence-corrected chi connectivity index (χ4v) is 4.73. The first-order valence-corrected chi connectivity index (χ1v) is 9.87. The molecule has 1 saturated heterocycles. The molecular weight excluding hydrogens is 355 g/mol. The minimum Gasteiger partial charge on any atom is -0.497 e. The average molecular weight is 378 g/mol. The molecule has 0 saturated carbocycles. The van der Waals surface area contributed by atoms with E-state index >= 15 is 0 Å². The van der Waals surface area contributed by atoms with Crippen molar-refractivity contribution in [1.29, 1.82) is 0 Å². The molecule has 2 aromatic rings. The third kappa shape index (κ3) is 3.60. The first kappa shape index (κ1) is 18.8. The standard InChI is InChI=1S/C19H23FN2O3S/c1-14-11-17(7-8-18(14)20)26(23,24)22-10-9-21(2)19(13-22)15-5-4-6-16(12-15)25-3/h4-8,11-12,19H,9-10,13H2,1-3H3. The van der Waals surface area contributed by atoms with Gasteiger partial charge < -0.3 is 4.74 Å². The molecule has 7 heteroatoms. The second-order valence-electron chi connectivity index (χ2n) is 6.55. The van der Waals surface area contributed by atoms with E-state index in [4.69, 9.17) is 4.74 Å². The normalized spacial score (nSPS) is 19.5. The molecule has 0 aromatic heterocycles. The minimum atomic E-state index is -3.67. The van der Waals surface area contributed by atoms with Crippen molar-refractivity contribution in [2.24, 2.45) is 0 Å². The summed E-state index contributed by atoms with van der Waals surface area (Å²) in [5, 5.41) is 0. The summed E-state index contributed by atoms with van der Waals surface area (Å²) < 4.78 is 46.3. The van der Waals surface area contributed by atoms with Crippen LogP contribution in [0.25, 0.3) is 0 Å². The van der Waals surface area contributed by atoms with Gasteiger partial charge in [-0.3, -0.25) is 4.90 Å². The second-order valence-corrected chi connectivity index (χ2v) is 8.48. The zero-order chi connectivity index (χ0) is 18.9. The van der Waals surface area contributed by atoms with Crippen LogP contribution in [-0.4, -0.2) is 51.4 Å². The van der Waals surface area contributed by atoms with Crippen LogP contribution in [0.3, 0.4) is 0 Å². The molecule has 0 radical (unpaired) electrons. The summed E-state index contributed by atoms with van der Waals surface area (Å²) in [4.78, 5) is 2.27. The highest BCUT2D eigenvalue weighted by Gasteiger charge is 2.33. The quantitative estimate of drug-likeness (QED) is 0.821. The smallest absolute Gasteiger partial charge is 0.243 e. The number of rotatable bonds is 4. The van der Waals surface area contributed by atoms with Crippen LogP contribution in [0.1, 0.15) is 17.2 Å². The fraction of sp³-hybridized carbons (Fsp3) is 0.368. The number of aryl methyl sites for hydroxylation is 1. The number of ether oxygens (including phenoxy) is 1. The van der Waals surface area contributed by atoms with Crippen LogP contribution in [0.5, 0.6) is 5.75 Å². The summed E-state index contributed by atoms with van der Waals surface area (Å²) in [7, 11) is -0.0818. The molecule has 2 aromatic carbocycles. The predicted octanol–water partition coefficient (Wildman–Crippen LogP) is 2.82. The number of methoxy groups -OCH3 is 1. The van der Waals surface area contributed by atoms with Crippen molar-refractivity contribution in [2.75, 3.05) is 33.8 Å². The van der Waals surface area contributed by atoms with Crippen LogP contribution in [0.15, 0.2) is 47.4 Å². The Hall–Kier alpha value is -1.96. The van der Waals surface area contributed by atoms with E-state index in [2.05, 4.69) is 4.90 Å². The molecule has 0 spiro atoms. The van der Waals surface area contributed by atoms with Gasteiger partial charge in [-0.1, -0.05) is 12.1 Å². The summed E-state index contributed by atoms with van der Waals surface area (Å²) in [6.45, 7) is 2.91. The number of benzene rings is 2. The van der Waals surface area contributed by atoms with Crippen LogP contribution in [0.4, 0.5) is 4.39 Å². The van der Waals surface area contributed by atoms with Crippen LogP contribution in [-0.2, 0) is 10.0 Å². The molecule has 1 aliphatic heterocycles. The monoisotopic (exact) mass is 378 g/mol. The van der Waals surface area contributed by atoms with Crippen molar-refractivity contribution in [3.63, 3.8) is 0 Å². The van der Waals surface area contributed by atoms with Gasteiger partial charge in [0.1, 0.15) is 11.6 Å². The molecule has 3 rings (SSSR count). The van der Waals surface area contributed by atoms with E-state index in [1.54, 1.807) is 14.0 Å². The molecule has 1 atom stereocenters. The van der Waals surface area contributed by atoms with Crippen molar-refractivity contribution in [2.45, 2.75) is 17.9 Å². The molecule has 140 valence electrons. The lowest BCUT2D eigenvalue weighted by atomic mass is 10.0. The number of hydrogen-bond donors (Lipinski definition) is 0. The molecule has 0 N–H and O–H groups in total. The van der Waals surface area contributed by atoms with E-state index in [1.807, 2.05) is 31.3 Å². The molecule has 1 heterocycles. The molecule has 1 aliphatic rings. The van der Waals surface area contributed by atoms with Crippen LogP contribution >= 0.6 is 0 Å². The molecule has 0 amide bonds. The van der Waals surface area contributed by atoms with Crippen LogP contribution < -0.4 is 4.74 Å². The predicted molar refractivity (Wildman–Crippen MR) is 98.3 cm³/mol. The Labute approximate surface area is 154 Å². The van der Waals surface area contributed by atoms with E-state index in [0.717, 1.165) is 11.3 Å². The number of likely N-dealkylation sites (N-methyl/N-ethyl adjacent to an activating group) is 1. The van der Waals surface area contributed by atoms with Gasteiger partial charge in [0.15, 0.2) is 0 Å². The molecule has 1 unspecified atom stereocenters. The van der Waals surface area contributed by atoms with Gasteiger partial charge in [-0.25, -0.2) is 12.8 Å². The first-order chi connectivity index (χ1) is 12.3. The number of sulfonamides is 1. The van der Waals surface area contributed by atoms with E-state index < -0.39 is 15.8 Å². The SMILES string of the molecule is COc1cccc(C2CN(S(=O)(=O)c3ccc(F)c(C)c3)CCN2C)c1. The highest BCUT2D eigenvalue weighted by Crippen LogP contribution is 2.30. The van der Waals surface area contributed by atoms with Gasteiger partial charge in [0.25, 0.3) is 0 Å². The van der Waals surface area contributed by atoms with Crippen LogP contribution in [0, 0.1) is 12.7 Å². The van der Waals surface area contributed by atoms with Gasteiger partial charge in [-0.2, -0.15) is 4.31 Å². The zero-order valence-electron chi connectivity index (χ0n) is 15.1. The molecular formula is C19H23FN2O3S. The largest absolute Gasteiger partial charge is 0.497 e. The molecule has 0 aliphatic carbocycles. The molecule has 1 fully saturated rings. The lowest BCUT2D eigenvalue weighted by Gasteiger charge is -2.39. The van der Waals surface area contributed by atoms with Gasteiger partial charge in [0.2, 0.25) is 10.0 Å². The van der Waals surface area contributed by atoms with Gasteiger partial charge in [-0.15, -0.1) is 0 Å². The maximum atomic E-state index is 13.5. The van der Waals surface area contributed by atoms with Crippen molar-refractivity contribution < 1.29 is 17.5 Å². The lowest BCUT2D eigenvalue weighted by Crippen LogP contribution is -2.48. The Balaban J connectivity index is 1.90. The average Bonchev–Trinajstić information content (AvgIpc) is 2.64. The third-order valence-corrected chi connectivity index (χ3v) is 6.72. The van der Waals surface area contributed by atoms with Crippen molar-refractivity contribution >= 4 is 10.0 Å². The number of halogens is 1. The molecule has 26 heavy (non-hydrogen) atoms. The van der Waals surface area contributed by atoms with Gasteiger partial charge in [0.05, 0.1) is 12.0 Å². The van der Waals surface area contributed by atoms with Gasteiger partial charge in [-0.05, 0) is 55.4 Å². The van der Waals surface area contributed by atoms with E-state index in [-0.39, 0.29) is 10.9 Å². The maximum Gasteiger partial charge on any atom is 0.243 e. The van der Waals surface area contributed by atoms with Crippen molar-refractivity contribution in [3.05, 3.63) is 59.4 Å². The Kier molecular flexibility index (Phi) is 5.32. The lowest BCUT2D eigenvalue weighted by molar-refractivity contribution is 0.148. The maximum absolute atomic E-state index is 13.5. The van der Waals surface area contributed by atoms with E-state index in [1.165, 1.54) is 22.5 Å². The summed E-state index contributed by atoms with van der Waals surface area (Å²) in [5.41, 5.74) is 1.33. The fourth-order valence-electron chi connectivity index (χ4n) is 3.20. The third-order valence-electron chi connectivity index (χ3n) is 4.86. The van der Waals surface area contributed by atoms with E-state index in [0.29, 0.717) is 25.2 Å². The van der Waals surface area contributed by atoms with Gasteiger partial charge in [0, 0.05) is 25.7 Å². The Bertz CT molecular complexity index is 901. The van der Waals surface area contributed by atoms with E-state index in [9.17, 15) is 12.8 Å². The van der Waals surface area contributed by atoms with Gasteiger partial charge >= 0.3 is 0 Å². The highest BCUT2D eigenvalue weighted by molar-refractivity contribution is 7.89. The summed E-state index contributed by atoms with van der Waals surface area (Å²) in [5.74, 6) is 0.335. The highest BCUT2D eigenvalue weighted by atomic mass is 32.2. The van der Waals surface area contributed by atoms with Crippen molar-refractivity contribution in [3.8, 4) is 5.75 Å². The minimum absolute atomic E-state index is 0.0739. The summed E-state index contributed by atoms with van der Waals surface area (Å²) in [6.07, 6.45) is 0. The Morgan fingerprint density at radius 1 is 1.15 bits per heavy atom. The number of nitrogens with zero attached hydrogens (tertiary/aromatic N) is 2. The Morgan fingerprint density at radius 2 is 1.92 bits per heavy atom. The Morgan fingerprint density at radius 3 is 2.62 bits per heavy atom. The number of hydrogen-bond acceptors (Lipinski definition) is 4. The van der Waals surface area contributed by atoms with Crippen LogP contribution in [0.2, 0.25) is 0 Å². The first-order valence-electron chi connectivity index (χ1n) is 8.43. The van der Waals surface area contributed by atoms with Crippen molar-refractivity contribution in [1.82, 2.24) is 9.21 Å². The molecule has 0 bridgehead atoms. The summed E-state index contributed by atoms with van der Waals surface area (Å²) >= 11 is 0. The molecule has 5 nitrogen and oxygen atoms in total. The zero-order valence-corrected chi connectivity index (χ0v) is 16.0. The number of piperazine rings is 1. The summed E-state index contributed by atoms with van der Waals surface area (Å²) in [6, 6.07) is 11.5. The topological polar surface area (TPSA) is 49.9 Å². The second kappa shape index (κ2) is 7.34.